The average Bonchev–Trinajstić information content (AvgIpc) is 2.52. The van der Waals surface area contributed by atoms with Gasteiger partial charge in [-0.2, -0.15) is 0 Å². The molecule has 0 aliphatic carbocycles. The second-order valence-electron chi connectivity index (χ2n) is 6.05. The summed E-state index contributed by atoms with van der Waals surface area (Å²) in [4.78, 5) is 14.7. The number of carbonyl (C=O) groups excluding carboxylic acids is 1. The van der Waals surface area contributed by atoms with Crippen molar-refractivity contribution in [2.24, 2.45) is 0 Å². The first-order valence-corrected chi connectivity index (χ1v) is 8.66. The van der Waals surface area contributed by atoms with E-state index in [4.69, 9.17) is 4.74 Å². The Morgan fingerprint density at radius 3 is 2.61 bits per heavy atom. The first-order valence-electron chi connectivity index (χ1n) is 7.87. The highest BCUT2D eigenvalue weighted by Crippen LogP contribution is 2.29. The van der Waals surface area contributed by atoms with Crippen LogP contribution in [-0.2, 0) is 13.0 Å². The van der Waals surface area contributed by atoms with Crippen LogP contribution >= 0.6 is 15.9 Å². The number of benzene rings is 2. The van der Waals surface area contributed by atoms with Crippen molar-refractivity contribution in [3.63, 3.8) is 0 Å². The van der Waals surface area contributed by atoms with Crippen molar-refractivity contribution in [1.29, 1.82) is 0 Å². The van der Waals surface area contributed by atoms with Crippen molar-refractivity contribution in [3.8, 4) is 5.75 Å². The Kier molecular flexibility index (Phi) is 4.71. The van der Waals surface area contributed by atoms with Crippen LogP contribution in [0.3, 0.4) is 0 Å². The molecule has 0 fully saturated rings. The van der Waals surface area contributed by atoms with Crippen LogP contribution in [0, 0.1) is 0 Å². The number of halogens is 1. The van der Waals surface area contributed by atoms with Crippen molar-refractivity contribution in [1.82, 2.24) is 4.90 Å². The SMILES string of the molecule is CC(C)Oc1cccc2c1CCN(Cc1ccc(Br)cc1)C2=O. The summed E-state index contributed by atoms with van der Waals surface area (Å²) in [5.41, 5.74) is 2.95. The predicted molar refractivity (Wildman–Crippen MR) is 94.8 cm³/mol. The first kappa shape index (κ1) is 16.1. The predicted octanol–water partition coefficient (Wildman–Crippen LogP) is 4.43. The lowest BCUT2D eigenvalue weighted by atomic mass is 9.97. The molecule has 0 radical (unpaired) electrons. The van der Waals surface area contributed by atoms with Gasteiger partial charge in [0.2, 0.25) is 0 Å². The van der Waals surface area contributed by atoms with Crippen LogP contribution < -0.4 is 4.74 Å². The molecular weight excluding hydrogens is 354 g/mol. The van der Waals surface area contributed by atoms with Crippen molar-refractivity contribution in [2.75, 3.05) is 6.54 Å². The Morgan fingerprint density at radius 1 is 1.17 bits per heavy atom. The minimum absolute atomic E-state index is 0.0865. The van der Waals surface area contributed by atoms with E-state index in [0.29, 0.717) is 6.54 Å². The molecule has 3 rings (SSSR count). The van der Waals surface area contributed by atoms with E-state index in [1.165, 1.54) is 0 Å². The summed E-state index contributed by atoms with van der Waals surface area (Å²) in [5.74, 6) is 0.928. The van der Waals surface area contributed by atoms with Gasteiger partial charge in [-0.3, -0.25) is 4.79 Å². The smallest absolute Gasteiger partial charge is 0.254 e. The third-order valence-corrected chi connectivity index (χ3v) is 4.46. The molecule has 0 spiro atoms. The summed E-state index contributed by atoms with van der Waals surface area (Å²) in [6, 6.07) is 13.9. The van der Waals surface area contributed by atoms with Crippen LogP contribution in [-0.4, -0.2) is 23.5 Å². The zero-order chi connectivity index (χ0) is 16.4. The van der Waals surface area contributed by atoms with Gasteiger partial charge in [0, 0.05) is 28.7 Å². The van der Waals surface area contributed by atoms with E-state index < -0.39 is 0 Å². The van der Waals surface area contributed by atoms with Gasteiger partial charge in [0.05, 0.1) is 6.10 Å². The summed E-state index contributed by atoms with van der Waals surface area (Å²) in [5, 5.41) is 0. The van der Waals surface area contributed by atoms with E-state index in [1.54, 1.807) is 0 Å². The molecule has 0 saturated carbocycles. The number of nitrogens with zero attached hydrogens (tertiary/aromatic N) is 1. The zero-order valence-electron chi connectivity index (χ0n) is 13.4. The fourth-order valence-electron chi connectivity index (χ4n) is 2.87. The van der Waals surface area contributed by atoms with E-state index in [2.05, 4.69) is 15.9 Å². The van der Waals surface area contributed by atoms with Gasteiger partial charge in [0.15, 0.2) is 0 Å². The number of hydrogen-bond donors (Lipinski definition) is 0. The lowest BCUT2D eigenvalue weighted by molar-refractivity contribution is 0.0724. The third kappa shape index (κ3) is 3.58. The van der Waals surface area contributed by atoms with E-state index in [9.17, 15) is 4.79 Å². The zero-order valence-corrected chi connectivity index (χ0v) is 15.0. The molecule has 0 atom stereocenters. The first-order chi connectivity index (χ1) is 11.0. The number of fused-ring (bicyclic) bond motifs is 1. The second-order valence-corrected chi connectivity index (χ2v) is 6.97. The molecule has 3 nitrogen and oxygen atoms in total. The van der Waals surface area contributed by atoms with Crippen LogP contribution in [0.25, 0.3) is 0 Å². The highest BCUT2D eigenvalue weighted by Gasteiger charge is 2.26. The minimum atomic E-state index is 0.0865. The van der Waals surface area contributed by atoms with E-state index in [0.717, 1.165) is 39.9 Å². The molecule has 0 bridgehead atoms. The van der Waals surface area contributed by atoms with Gasteiger partial charge in [-0.1, -0.05) is 34.1 Å². The van der Waals surface area contributed by atoms with E-state index in [-0.39, 0.29) is 12.0 Å². The standard InChI is InChI=1S/C19H20BrNO2/c1-13(2)23-18-5-3-4-17-16(18)10-11-21(19(17)22)12-14-6-8-15(20)9-7-14/h3-9,13H,10-12H2,1-2H3. The summed E-state index contributed by atoms with van der Waals surface area (Å²) in [6.07, 6.45) is 0.943. The van der Waals surface area contributed by atoms with Crippen molar-refractivity contribution < 1.29 is 9.53 Å². The van der Waals surface area contributed by atoms with E-state index >= 15 is 0 Å². The molecule has 1 heterocycles. The molecule has 120 valence electrons. The van der Waals surface area contributed by atoms with Gasteiger partial charge in [-0.25, -0.2) is 0 Å². The molecule has 23 heavy (non-hydrogen) atoms. The van der Waals surface area contributed by atoms with Crippen LogP contribution in [0.5, 0.6) is 5.75 Å². The maximum absolute atomic E-state index is 12.8. The highest BCUT2D eigenvalue weighted by atomic mass is 79.9. The Hall–Kier alpha value is -1.81. The Morgan fingerprint density at radius 2 is 1.91 bits per heavy atom. The van der Waals surface area contributed by atoms with Gasteiger partial charge in [0.25, 0.3) is 5.91 Å². The maximum atomic E-state index is 12.8. The summed E-state index contributed by atoms with van der Waals surface area (Å²) in [6.45, 7) is 5.37. The molecule has 0 aromatic heterocycles. The van der Waals surface area contributed by atoms with Crippen molar-refractivity contribution in [3.05, 3.63) is 63.6 Å². The molecule has 2 aromatic rings. The molecular formula is C19H20BrNO2. The Bertz CT molecular complexity index is 710. The van der Waals surface area contributed by atoms with Crippen molar-refractivity contribution >= 4 is 21.8 Å². The summed E-state index contributed by atoms with van der Waals surface area (Å²) >= 11 is 3.44. The fourth-order valence-corrected chi connectivity index (χ4v) is 3.13. The molecule has 1 aliphatic rings. The van der Waals surface area contributed by atoms with Gasteiger partial charge in [0.1, 0.15) is 5.75 Å². The molecule has 0 saturated heterocycles. The monoisotopic (exact) mass is 373 g/mol. The second kappa shape index (κ2) is 6.75. The van der Waals surface area contributed by atoms with E-state index in [1.807, 2.05) is 61.2 Å². The number of ether oxygens (including phenoxy) is 1. The summed E-state index contributed by atoms with van der Waals surface area (Å²) < 4.78 is 6.90. The molecule has 0 unspecified atom stereocenters. The summed E-state index contributed by atoms with van der Waals surface area (Å²) in [7, 11) is 0. The van der Waals surface area contributed by atoms with Gasteiger partial charge >= 0.3 is 0 Å². The normalized spacial score (nSPS) is 14.1. The van der Waals surface area contributed by atoms with Crippen LogP contribution in [0.2, 0.25) is 0 Å². The number of carbonyl (C=O) groups is 1. The fraction of sp³-hybridized carbons (Fsp3) is 0.316. The van der Waals surface area contributed by atoms with Gasteiger partial charge in [-0.05, 0) is 50.1 Å². The molecule has 1 amide bonds. The number of amides is 1. The molecule has 2 aromatic carbocycles. The molecule has 0 N–H and O–H groups in total. The number of hydrogen-bond acceptors (Lipinski definition) is 2. The molecule has 4 heteroatoms. The maximum Gasteiger partial charge on any atom is 0.254 e. The van der Waals surface area contributed by atoms with Crippen LogP contribution in [0.15, 0.2) is 46.9 Å². The lowest BCUT2D eigenvalue weighted by Crippen LogP contribution is -2.37. The highest BCUT2D eigenvalue weighted by molar-refractivity contribution is 9.10. The largest absolute Gasteiger partial charge is 0.491 e. The Labute approximate surface area is 145 Å². The van der Waals surface area contributed by atoms with Crippen LogP contribution in [0.4, 0.5) is 0 Å². The lowest BCUT2D eigenvalue weighted by Gasteiger charge is -2.30. The topological polar surface area (TPSA) is 29.5 Å². The van der Waals surface area contributed by atoms with Crippen LogP contribution in [0.1, 0.15) is 35.3 Å². The van der Waals surface area contributed by atoms with Gasteiger partial charge < -0.3 is 9.64 Å². The number of rotatable bonds is 4. The quantitative estimate of drug-likeness (QED) is 0.792. The van der Waals surface area contributed by atoms with Gasteiger partial charge in [-0.15, -0.1) is 0 Å². The van der Waals surface area contributed by atoms with Crippen molar-refractivity contribution in [2.45, 2.75) is 32.9 Å². The third-order valence-electron chi connectivity index (χ3n) is 3.93. The minimum Gasteiger partial charge on any atom is -0.491 e. The molecule has 1 aliphatic heterocycles. The Balaban J connectivity index is 1.82. The average molecular weight is 374 g/mol.